The summed E-state index contributed by atoms with van der Waals surface area (Å²) in [6, 6.07) is 8.58. The zero-order valence-corrected chi connectivity index (χ0v) is 15.2. The predicted molar refractivity (Wildman–Crippen MR) is 98.8 cm³/mol. The molecule has 3 heterocycles. The second kappa shape index (κ2) is 6.96. The second-order valence-corrected chi connectivity index (χ2v) is 7.72. The summed E-state index contributed by atoms with van der Waals surface area (Å²) in [5.74, 6) is 0.549. The normalized spacial score (nSPS) is 28.2. The molecule has 1 amide bonds. The molecule has 3 aliphatic rings. The van der Waals surface area contributed by atoms with Gasteiger partial charge in [0.15, 0.2) is 0 Å². The van der Waals surface area contributed by atoms with E-state index in [2.05, 4.69) is 46.3 Å². The molecular formula is C20H29N3O2. The molecule has 5 heteroatoms. The fourth-order valence-corrected chi connectivity index (χ4v) is 4.77. The van der Waals surface area contributed by atoms with Crippen molar-refractivity contribution in [2.75, 3.05) is 57.4 Å². The lowest BCUT2D eigenvalue weighted by Crippen LogP contribution is -2.48. The van der Waals surface area contributed by atoms with E-state index in [1.807, 2.05) is 0 Å². The number of carbonyl (C=O) groups is 1. The third kappa shape index (κ3) is 3.04. The van der Waals surface area contributed by atoms with Crippen LogP contribution in [0.25, 0.3) is 0 Å². The van der Waals surface area contributed by atoms with Crippen molar-refractivity contribution >= 4 is 11.6 Å². The number of carbonyl (C=O) groups excluding carboxylic acids is 1. The van der Waals surface area contributed by atoms with Gasteiger partial charge in [0.2, 0.25) is 5.91 Å². The Labute approximate surface area is 150 Å². The molecule has 0 spiro atoms. The largest absolute Gasteiger partial charge is 0.380 e. The van der Waals surface area contributed by atoms with Crippen LogP contribution >= 0.6 is 0 Å². The van der Waals surface area contributed by atoms with Crippen LogP contribution in [0.15, 0.2) is 24.3 Å². The van der Waals surface area contributed by atoms with Gasteiger partial charge in [-0.25, -0.2) is 0 Å². The summed E-state index contributed by atoms with van der Waals surface area (Å²) in [6.07, 6.45) is 2.25. The van der Waals surface area contributed by atoms with Gasteiger partial charge >= 0.3 is 0 Å². The van der Waals surface area contributed by atoms with Crippen LogP contribution in [0.4, 0.5) is 5.69 Å². The Kier molecular flexibility index (Phi) is 4.69. The number of nitrogens with one attached hydrogen (secondary N) is 1. The molecule has 2 saturated heterocycles. The third-order valence-electron chi connectivity index (χ3n) is 6.09. The van der Waals surface area contributed by atoms with Gasteiger partial charge in [-0.2, -0.15) is 0 Å². The molecule has 25 heavy (non-hydrogen) atoms. The number of hydrogen-bond acceptors (Lipinski definition) is 4. The van der Waals surface area contributed by atoms with Crippen LogP contribution in [0.1, 0.15) is 18.9 Å². The van der Waals surface area contributed by atoms with Gasteiger partial charge in [-0.05, 0) is 31.0 Å². The number of para-hydroxylation sites is 1. The van der Waals surface area contributed by atoms with Crippen molar-refractivity contribution in [3.8, 4) is 0 Å². The first-order valence-electron chi connectivity index (χ1n) is 9.64. The van der Waals surface area contributed by atoms with E-state index in [9.17, 15) is 4.79 Å². The van der Waals surface area contributed by atoms with Crippen LogP contribution in [0.3, 0.4) is 0 Å². The molecule has 136 valence electrons. The van der Waals surface area contributed by atoms with Crippen molar-refractivity contribution < 1.29 is 9.53 Å². The molecular weight excluding hydrogens is 314 g/mol. The number of nitrogens with zero attached hydrogens (tertiary/aromatic N) is 2. The Hall–Kier alpha value is -1.59. The molecule has 0 aliphatic carbocycles. The molecule has 3 aliphatic heterocycles. The number of likely N-dealkylation sites (tertiary alicyclic amines) is 1. The highest BCUT2D eigenvalue weighted by atomic mass is 16.5. The van der Waals surface area contributed by atoms with Crippen molar-refractivity contribution in [3.63, 3.8) is 0 Å². The van der Waals surface area contributed by atoms with Crippen LogP contribution in [-0.2, 0) is 16.0 Å². The maximum Gasteiger partial charge on any atom is 0.230 e. The summed E-state index contributed by atoms with van der Waals surface area (Å²) in [4.78, 5) is 17.8. The van der Waals surface area contributed by atoms with Gasteiger partial charge in [-0.3, -0.25) is 4.79 Å². The van der Waals surface area contributed by atoms with E-state index >= 15 is 0 Å². The van der Waals surface area contributed by atoms with Crippen LogP contribution in [0, 0.1) is 11.3 Å². The van der Waals surface area contributed by atoms with E-state index < -0.39 is 0 Å². The molecule has 0 bridgehead atoms. The Morgan fingerprint density at radius 3 is 3.12 bits per heavy atom. The van der Waals surface area contributed by atoms with Crippen molar-refractivity contribution in [1.82, 2.24) is 10.2 Å². The fraction of sp³-hybridized carbons (Fsp3) is 0.650. The molecule has 1 N–H and O–H groups in total. The van der Waals surface area contributed by atoms with E-state index in [1.165, 1.54) is 11.3 Å². The lowest BCUT2D eigenvalue weighted by Gasteiger charge is -2.27. The summed E-state index contributed by atoms with van der Waals surface area (Å²) in [5, 5.41) is 3.22. The first-order valence-corrected chi connectivity index (χ1v) is 9.64. The molecule has 1 aromatic rings. The lowest BCUT2D eigenvalue weighted by atomic mass is 9.80. The number of amides is 1. The number of fused-ring (bicyclic) bond motifs is 2. The summed E-state index contributed by atoms with van der Waals surface area (Å²) in [5.41, 5.74) is 2.42. The van der Waals surface area contributed by atoms with Gasteiger partial charge in [0.25, 0.3) is 0 Å². The molecule has 2 fully saturated rings. The molecule has 0 unspecified atom stereocenters. The van der Waals surface area contributed by atoms with Crippen molar-refractivity contribution in [2.45, 2.75) is 19.8 Å². The smallest absolute Gasteiger partial charge is 0.230 e. The minimum Gasteiger partial charge on any atom is -0.380 e. The Morgan fingerprint density at radius 2 is 2.24 bits per heavy atom. The molecule has 0 aromatic heterocycles. The Morgan fingerprint density at radius 1 is 1.36 bits per heavy atom. The Balaban J connectivity index is 1.33. The number of benzene rings is 1. The fourth-order valence-electron chi connectivity index (χ4n) is 4.77. The average molecular weight is 343 g/mol. The summed E-state index contributed by atoms with van der Waals surface area (Å²) in [6.45, 7) is 9.07. The number of rotatable bonds is 6. The quantitative estimate of drug-likeness (QED) is 0.851. The van der Waals surface area contributed by atoms with Gasteiger partial charge in [0.1, 0.15) is 0 Å². The summed E-state index contributed by atoms with van der Waals surface area (Å²) < 4.78 is 5.69. The minimum atomic E-state index is -0.321. The van der Waals surface area contributed by atoms with E-state index in [0.717, 1.165) is 52.2 Å². The van der Waals surface area contributed by atoms with E-state index in [0.29, 0.717) is 19.1 Å². The van der Waals surface area contributed by atoms with Crippen LogP contribution in [-0.4, -0.2) is 63.3 Å². The molecule has 4 rings (SSSR count). The minimum absolute atomic E-state index is 0.195. The Bertz CT molecular complexity index is 635. The molecule has 1 aromatic carbocycles. The summed E-state index contributed by atoms with van der Waals surface area (Å²) >= 11 is 0. The van der Waals surface area contributed by atoms with E-state index in [4.69, 9.17) is 4.74 Å². The standard InChI is InChI=1S/C20H29N3O2/c1-2-9-22-12-17-13-25-15-20(17,14-22)19(24)21-8-11-23-10-7-16-5-3-4-6-18(16)23/h3-6,17H,2,7-15H2,1H3,(H,21,24)/t17-,20-/m1/s1. The van der Waals surface area contributed by atoms with E-state index in [1.54, 1.807) is 0 Å². The monoisotopic (exact) mass is 343 g/mol. The molecule has 2 atom stereocenters. The highest BCUT2D eigenvalue weighted by molar-refractivity contribution is 5.84. The maximum atomic E-state index is 13.0. The second-order valence-electron chi connectivity index (χ2n) is 7.72. The highest BCUT2D eigenvalue weighted by Crippen LogP contribution is 2.41. The van der Waals surface area contributed by atoms with Crippen molar-refractivity contribution in [2.24, 2.45) is 11.3 Å². The molecule has 5 nitrogen and oxygen atoms in total. The summed E-state index contributed by atoms with van der Waals surface area (Å²) in [7, 11) is 0. The highest BCUT2D eigenvalue weighted by Gasteiger charge is 2.55. The predicted octanol–water partition coefficient (Wildman–Crippen LogP) is 1.52. The lowest BCUT2D eigenvalue weighted by molar-refractivity contribution is -0.131. The van der Waals surface area contributed by atoms with Crippen LogP contribution < -0.4 is 10.2 Å². The maximum absolute atomic E-state index is 13.0. The molecule has 0 saturated carbocycles. The van der Waals surface area contributed by atoms with Gasteiger partial charge < -0.3 is 19.9 Å². The topological polar surface area (TPSA) is 44.8 Å². The van der Waals surface area contributed by atoms with Gasteiger partial charge in [-0.15, -0.1) is 0 Å². The first-order chi connectivity index (χ1) is 12.2. The van der Waals surface area contributed by atoms with Crippen LogP contribution in [0.5, 0.6) is 0 Å². The van der Waals surface area contributed by atoms with Gasteiger partial charge in [0, 0.05) is 44.3 Å². The SMILES string of the molecule is CCCN1C[C@@H]2COC[C@]2(C(=O)NCCN2CCc3ccccc32)C1. The number of hydrogen-bond donors (Lipinski definition) is 1. The third-order valence-corrected chi connectivity index (χ3v) is 6.09. The zero-order valence-electron chi connectivity index (χ0n) is 15.2. The van der Waals surface area contributed by atoms with Crippen LogP contribution in [0.2, 0.25) is 0 Å². The van der Waals surface area contributed by atoms with E-state index in [-0.39, 0.29) is 11.3 Å². The van der Waals surface area contributed by atoms with Crippen molar-refractivity contribution in [3.05, 3.63) is 29.8 Å². The van der Waals surface area contributed by atoms with Gasteiger partial charge in [0.05, 0.1) is 18.6 Å². The zero-order chi connectivity index (χ0) is 17.3. The van der Waals surface area contributed by atoms with Crippen molar-refractivity contribution in [1.29, 1.82) is 0 Å². The van der Waals surface area contributed by atoms with Gasteiger partial charge in [-0.1, -0.05) is 25.1 Å². The number of ether oxygens (including phenoxy) is 1. The molecule has 0 radical (unpaired) electrons. The average Bonchev–Trinajstić information content (AvgIpc) is 3.28. The first kappa shape index (κ1) is 16.9. The number of anilines is 1.